The number of amides is 1. The van der Waals surface area contributed by atoms with Crippen LogP contribution < -0.4 is 5.32 Å². The third-order valence-electron chi connectivity index (χ3n) is 1.66. The van der Waals surface area contributed by atoms with Gasteiger partial charge in [0.25, 0.3) is 0 Å². The minimum Gasteiger partial charge on any atom is -0.354 e. The molecule has 0 saturated heterocycles. The minimum absolute atomic E-state index is 0.0473. The zero-order valence-electron chi connectivity index (χ0n) is 8.02. The lowest BCUT2D eigenvalue weighted by Crippen LogP contribution is -2.32. The molecule has 3 nitrogen and oxygen atoms in total. The molecule has 0 radical (unpaired) electrons. The van der Waals surface area contributed by atoms with E-state index in [1.165, 1.54) is 0 Å². The molecule has 0 heterocycles. The molecule has 1 unspecified atom stereocenters. The van der Waals surface area contributed by atoms with E-state index in [-0.39, 0.29) is 17.7 Å². The van der Waals surface area contributed by atoms with Gasteiger partial charge in [0, 0.05) is 18.9 Å². The fraction of sp³-hybridized carbons (Fsp3) is 0.778. The molecule has 0 aliphatic heterocycles. The summed E-state index contributed by atoms with van der Waals surface area (Å²) in [6, 6.07) is 0.112. The number of hydrogen-bond donors (Lipinski definition) is 1. The zero-order valence-corrected chi connectivity index (χ0v) is 8.02. The van der Waals surface area contributed by atoms with Gasteiger partial charge in [-0.25, -0.2) is 0 Å². The van der Waals surface area contributed by atoms with E-state index in [2.05, 4.69) is 5.32 Å². The summed E-state index contributed by atoms with van der Waals surface area (Å²) in [5, 5.41) is 2.79. The van der Waals surface area contributed by atoms with E-state index >= 15 is 0 Å². The highest BCUT2D eigenvalue weighted by atomic mass is 16.1. The van der Waals surface area contributed by atoms with Crippen molar-refractivity contribution in [3.63, 3.8) is 0 Å². The normalized spacial score (nSPS) is 12.2. The van der Waals surface area contributed by atoms with Gasteiger partial charge < -0.3 is 10.1 Å². The van der Waals surface area contributed by atoms with Crippen LogP contribution in [0.5, 0.6) is 0 Å². The number of ketones is 1. The molecule has 0 aliphatic carbocycles. The Morgan fingerprint density at radius 3 is 2.42 bits per heavy atom. The van der Waals surface area contributed by atoms with Crippen molar-refractivity contribution in [1.29, 1.82) is 0 Å². The van der Waals surface area contributed by atoms with Gasteiger partial charge in [0.15, 0.2) is 0 Å². The van der Waals surface area contributed by atoms with E-state index in [0.29, 0.717) is 12.8 Å². The second-order valence-electron chi connectivity index (χ2n) is 3.06. The first-order valence-electron chi connectivity index (χ1n) is 4.35. The van der Waals surface area contributed by atoms with Crippen LogP contribution in [-0.4, -0.2) is 17.7 Å². The van der Waals surface area contributed by atoms with Crippen LogP contribution in [0.25, 0.3) is 0 Å². The Bertz CT molecular complexity index is 166. The van der Waals surface area contributed by atoms with Crippen molar-refractivity contribution in [3.8, 4) is 0 Å². The largest absolute Gasteiger partial charge is 0.354 e. The molecule has 1 atom stereocenters. The number of carbonyl (C=O) groups excluding carboxylic acids is 2. The van der Waals surface area contributed by atoms with Crippen LogP contribution >= 0.6 is 0 Å². The van der Waals surface area contributed by atoms with Crippen LogP contribution in [0.15, 0.2) is 0 Å². The summed E-state index contributed by atoms with van der Waals surface area (Å²) in [5.74, 6) is 0.221. The molecule has 0 saturated carbocycles. The quantitative estimate of drug-likeness (QED) is 0.677. The lowest BCUT2D eigenvalue weighted by Gasteiger charge is -2.11. The first-order valence-corrected chi connectivity index (χ1v) is 4.35. The molecule has 3 heteroatoms. The van der Waals surface area contributed by atoms with Crippen molar-refractivity contribution in [2.24, 2.45) is 0 Å². The number of rotatable bonds is 5. The predicted octanol–water partition coefficient (Wildman–Crippen LogP) is 1.27. The van der Waals surface area contributed by atoms with Crippen LogP contribution in [-0.2, 0) is 9.59 Å². The molecule has 0 aromatic rings. The van der Waals surface area contributed by atoms with Crippen molar-refractivity contribution < 1.29 is 9.59 Å². The van der Waals surface area contributed by atoms with Gasteiger partial charge in [0.1, 0.15) is 5.78 Å². The first kappa shape index (κ1) is 11.1. The molecule has 0 spiro atoms. The molecule has 0 rings (SSSR count). The van der Waals surface area contributed by atoms with E-state index in [4.69, 9.17) is 0 Å². The number of carbonyl (C=O) groups is 2. The number of hydrogen-bond acceptors (Lipinski definition) is 2. The molecule has 1 amide bonds. The van der Waals surface area contributed by atoms with Crippen molar-refractivity contribution in [1.82, 2.24) is 5.32 Å². The van der Waals surface area contributed by atoms with Gasteiger partial charge in [-0.3, -0.25) is 4.79 Å². The third kappa shape index (κ3) is 5.89. The maximum absolute atomic E-state index is 10.9. The van der Waals surface area contributed by atoms with Crippen LogP contribution in [0.2, 0.25) is 0 Å². The Morgan fingerprint density at radius 2 is 2.00 bits per heavy atom. The van der Waals surface area contributed by atoms with E-state index in [0.717, 1.165) is 6.42 Å². The molecule has 0 fully saturated rings. The Hall–Kier alpha value is -0.860. The molecular formula is C9H17NO2. The zero-order chi connectivity index (χ0) is 9.56. The lowest BCUT2D eigenvalue weighted by molar-refractivity contribution is -0.122. The minimum atomic E-state index is 0.0473. The van der Waals surface area contributed by atoms with Gasteiger partial charge >= 0.3 is 0 Å². The average Bonchev–Trinajstić information content (AvgIpc) is 2.00. The molecule has 70 valence electrons. The van der Waals surface area contributed by atoms with E-state index in [1.807, 2.05) is 13.8 Å². The smallest absolute Gasteiger partial charge is 0.219 e. The van der Waals surface area contributed by atoms with Crippen molar-refractivity contribution in [2.45, 2.75) is 46.1 Å². The molecule has 0 aromatic carbocycles. The van der Waals surface area contributed by atoms with Crippen LogP contribution in [0.1, 0.15) is 40.0 Å². The SMILES string of the molecule is CCC(=O)NC(C)CCC(C)=O. The van der Waals surface area contributed by atoms with Gasteiger partial charge in [-0.15, -0.1) is 0 Å². The van der Waals surface area contributed by atoms with Gasteiger partial charge in [-0.05, 0) is 20.3 Å². The Morgan fingerprint density at radius 1 is 1.42 bits per heavy atom. The predicted molar refractivity (Wildman–Crippen MR) is 47.8 cm³/mol. The summed E-state index contributed by atoms with van der Waals surface area (Å²) < 4.78 is 0. The van der Waals surface area contributed by atoms with Crippen molar-refractivity contribution in [3.05, 3.63) is 0 Å². The van der Waals surface area contributed by atoms with E-state index in [1.54, 1.807) is 6.92 Å². The summed E-state index contributed by atoms with van der Waals surface area (Å²) in [6.07, 6.45) is 1.79. The van der Waals surface area contributed by atoms with E-state index in [9.17, 15) is 9.59 Å². The molecule has 12 heavy (non-hydrogen) atoms. The topological polar surface area (TPSA) is 46.2 Å². The maximum atomic E-state index is 10.9. The molecule has 0 aliphatic rings. The highest BCUT2D eigenvalue weighted by Gasteiger charge is 2.05. The highest BCUT2D eigenvalue weighted by Crippen LogP contribution is 1.97. The summed E-state index contributed by atoms with van der Waals surface area (Å²) >= 11 is 0. The fourth-order valence-corrected chi connectivity index (χ4v) is 0.869. The van der Waals surface area contributed by atoms with Crippen LogP contribution in [0.3, 0.4) is 0 Å². The Labute approximate surface area is 73.5 Å². The fourth-order valence-electron chi connectivity index (χ4n) is 0.869. The monoisotopic (exact) mass is 171 g/mol. The van der Waals surface area contributed by atoms with Gasteiger partial charge in [0.05, 0.1) is 0 Å². The van der Waals surface area contributed by atoms with Gasteiger partial charge in [-0.2, -0.15) is 0 Å². The summed E-state index contributed by atoms with van der Waals surface area (Å²) in [5.41, 5.74) is 0. The second kappa shape index (κ2) is 5.75. The Balaban J connectivity index is 3.52. The molecular weight excluding hydrogens is 154 g/mol. The summed E-state index contributed by atoms with van der Waals surface area (Å²) in [4.78, 5) is 21.5. The molecule has 0 aromatic heterocycles. The lowest BCUT2D eigenvalue weighted by atomic mass is 10.1. The second-order valence-corrected chi connectivity index (χ2v) is 3.06. The first-order chi connectivity index (χ1) is 5.56. The van der Waals surface area contributed by atoms with Crippen molar-refractivity contribution in [2.75, 3.05) is 0 Å². The van der Waals surface area contributed by atoms with Gasteiger partial charge in [-0.1, -0.05) is 6.92 Å². The molecule has 1 N–H and O–H groups in total. The average molecular weight is 171 g/mol. The molecule has 0 bridgehead atoms. The van der Waals surface area contributed by atoms with Crippen molar-refractivity contribution >= 4 is 11.7 Å². The number of Topliss-reactive ketones (excluding diaryl/α,β-unsaturated/α-hetero) is 1. The maximum Gasteiger partial charge on any atom is 0.219 e. The summed E-state index contributed by atoms with van der Waals surface area (Å²) in [7, 11) is 0. The highest BCUT2D eigenvalue weighted by molar-refractivity contribution is 5.76. The Kier molecular flexibility index (Phi) is 5.34. The van der Waals surface area contributed by atoms with Crippen LogP contribution in [0.4, 0.5) is 0 Å². The number of nitrogens with one attached hydrogen (secondary N) is 1. The third-order valence-corrected chi connectivity index (χ3v) is 1.66. The van der Waals surface area contributed by atoms with E-state index < -0.39 is 0 Å². The standard InChI is InChI=1S/C9H17NO2/c1-4-9(12)10-7(2)5-6-8(3)11/h7H,4-6H2,1-3H3,(H,10,12). The van der Waals surface area contributed by atoms with Crippen LogP contribution in [0, 0.1) is 0 Å². The van der Waals surface area contributed by atoms with Gasteiger partial charge in [0.2, 0.25) is 5.91 Å². The summed E-state index contributed by atoms with van der Waals surface area (Å²) in [6.45, 7) is 5.29.